The number of aromatic nitrogens is 1. The summed E-state index contributed by atoms with van der Waals surface area (Å²) in [5.41, 5.74) is 3.06. The highest BCUT2D eigenvalue weighted by molar-refractivity contribution is 6.11. The largest absolute Gasteiger partial charge is 0.294 e. The van der Waals surface area contributed by atoms with Crippen molar-refractivity contribution in [2.45, 2.75) is 58.5 Å². The van der Waals surface area contributed by atoms with Gasteiger partial charge in [-0.25, -0.2) is 4.99 Å². The minimum Gasteiger partial charge on any atom is -0.294 e. The van der Waals surface area contributed by atoms with Gasteiger partial charge in [-0.1, -0.05) is 18.2 Å². The lowest BCUT2D eigenvalue weighted by Crippen LogP contribution is -2.56. The number of fused-ring (bicyclic) bond motifs is 5. The Kier molecular flexibility index (Phi) is 3.41. The van der Waals surface area contributed by atoms with Crippen molar-refractivity contribution < 1.29 is 4.79 Å². The molecule has 0 saturated carbocycles. The molecule has 7 nitrogen and oxygen atoms in total. The molecule has 3 aliphatic rings. The molecule has 1 saturated heterocycles. The summed E-state index contributed by atoms with van der Waals surface area (Å²) >= 11 is 0. The number of piperidine rings is 1. The molecule has 0 spiro atoms. The quantitative estimate of drug-likeness (QED) is 0.625. The SMILES string of the molecule is CC(=O)N1C(C)=NC2NC3N=c4c5ccc(C)c6c(C)ccc(c(=O)n4C3CC21)c65. The van der Waals surface area contributed by atoms with Gasteiger partial charge in [0.05, 0.1) is 12.1 Å². The monoisotopic (exact) mass is 401 g/mol. The van der Waals surface area contributed by atoms with E-state index in [0.29, 0.717) is 6.42 Å². The predicted octanol–water partition coefficient (Wildman–Crippen LogP) is 1.96. The van der Waals surface area contributed by atoms with E-state index in [-0.39, 0.29) is 35.9 Å². The van der Waals surface area contributed by atoms with Crippen LogP contribution in [0.2, 0.25) is 0 Å². The summed E-state index contributed by atoms with van der Waals surface area (Å²) in [6, 6.07) is 7.94. The van der Waals surface area contributed by atoms with Crippen LogP contribution in [-0.4, -0.2) is 39.6 Å². The summed E-state index contributed by atoms with van der Waals surface area (Å²) in [7, 11) is 0. The Hall–Kier alpha value is -3.06. The Bertz CT molecular complexity index is 1410. The van der Waals surface area contributed by atoms with Crippen LogP contribution in [0.4, 0.5) is 0 Å². The normalized spacial score (nSPS) is 27.1. The molecule has 2 aromatic carbocycles. The molecule has 3 aromatic rings. The summed E-state index contributed by atoms with van der Waals surface area (Å²) in [6.07, 6.45) is 0.247. The minimum atomic E-state index is -0.222. The van der Waals surface area contributed by atoms with Crippen LogP contribution in [0.3, 0.4) is 0 Å². The molecule has 7 heteroatoms. The summed E-state index contributed by atoms with van der Waals surface area (Å²) in [6.45, 7) is 7.60. The minimum absolute atomic E-state index is 0.00499. The molecule has 0 aliphatic carbocycles. The molecule has 4 unspecified atom stereocenters. The van der Waals surface area contributed by atoms with Crippen molar-refractivity contribution in [2.75, 3.05) is 0 Å². The van der Waals surface area contributed by atoms with Gasteiger partial charge in [0.15, 0.2) is 0 Å². The third kappa shape index (κ3) is 2.08. The van der Waals surface area contributed by atoms with Gasteiger partial charge in [-0.3, -0.25) is 29.4 Å². The molecule has 1 fully saturated rings. The van der Waals surface area contributed by atoms with Crippen LogP contribution in [0.5, 0.6) is 0 Å². The van der Waals surface area contributed by atoms with Crippen molar-refractivity contribution in [3.05, 3.63) is 51.2 Å². The zero-order valence-electron chi connectivity index (χ0n) is 17.4. The van der Waals surface area contributed by atoms with E-state index in [9.17, 15) is 9.59 Å². The molecule has 1 amide bonds. The van der Waals surface area contributed by atoms with Gasteiger partial charge in [0, 0.05) is 23.1 Å². The van der Waals surface area contributed by atoms with Gasteiger partial charge >= 0.3 is 0 Å². The zero-order valence-corrected chi connectivity index (χ0v) is 17.4. The van der Waals surface area contributed by atoms with Gasteiger partial charge in [-0.15, -0.1) is 0 Å². The molecular weight excluding hydrogens is 378 g/mol. The number of hydrogen-bond donors (Lipinski definition) is 1. The maximum absolute atomic E-state index is 13.6. The van der Waals surface area contributed by atoms with Crippen LogP contribution in [0, 0.1) is 13.8 Å². The second-order valence-corrected chi connectivity index (χ2v) is 8.73. The molecule has 0 radical (unpaired) electrons. The number of pyridine rings is 1. The van der Waals surface area contributed by atoms with Crippen molar-refractivity contribution in [2.24, 2.45) is 9.98 Å². The molecule has 4 atom stereocenters. The average Bonchev–Trinajstić information content (AvgIpc) is 3.21. The van der Waals surface area contributed by atoms with Crippen LogP contribution in [0.15, 0.2) is 39.0 Å². The summed E-state index contributed by atoms with van der Waals surface area (Å²) in [4.78, 5) is 37.2. The zero-order chi connectivity index (χ0) is 20.9. The lowest BCUT2D eigenvalue weighted by molar-refractivity contribution is -0.127. The third-order valence-corrected chi connectivity index (χ3v) is 6.99. The van der Waals surface area contributed by atoms with Crippen molar-refractivity contribution in [3.8, 4) is 0 Å². The van der Waals surface area contributed by atoms with E-state index in [4.69, 9.17) is 4.99 Å². The van der Waals surface area contributed by atoms with Crippen molar-refractivity contribution in [3.63, 3.8) is 0 Å². The number of nitrogens with one attached hydrogen (secondary N) is 1. The number of aryl methyl sites for hydroxylation is 2. The van der Waals surface area contributed by atoms with E-state index in [2.05, 4.69) is 36.3 Å². The van der Waals surface area contributed by atoms with Gasteiger partial charge in [0.1, 0.15) is 23.7 Å². The molecule has 30 heavy (non-hydrogen) atoms. The fraction of sp³-hybridized carbons (Fsp3) is 0.391. The van der Waals surface area contributed by atoms with Gasteiger partial charge in [0.25, 0.3) is 5.56 Å². The van der Waals surface area contributed by atoms with E-state index in [0.717, 1.165) is 32.9 Å². The van der Waals surface area contributed by atoms with Gasteiger partial charge < -0.3 is 0 Å². The van der Waals surface area contributed by atoms with Crippen molar-refractivity contribution >= 4 is 33.3 Å². The molecule has 3 aliphatic heterocycles. The maximum Gasteiger partial charge on any atom is 0.260 e. The summed E-state index contributed by atoms with van der Waals surface area (Å²) in [5, 5.41) is 7.38. The number of nitrogens with zero attached hydrogens (tertiary/aromatic N) is 4. The lowest BCUT2D eigenvalue weighted by atomic mass is 9.94. The number of benzene rings is 2. The highest BCUT2D eigenvalue weighted by Gasteiger charge is 2.47. The highest BCUT2D eigenvalue weighted by Crippen LogP contribution is 2.35. The van der Waals surface area contributed by atoms with E-state index in [1.165, 1.54) is 11.1 Å². The molecular formula is C23H23N5O2. The predicted molar refractivity (Wildman–Crippen MR) is 116 cm³/mol. The van der Waals surface area contributed by atoms with E-state index >= 15 is 0 Å². The van der Waals surface area contributed by atoms with Crippen LogP contribution in [0.1, 0.15) is 37.4 Å². The first kappa shape index (κ1) is 17.8. The number of hydrogen-bond acceptors (Lipinski definition) is 5. The second kappa shape index (κ2) is 5.76. The third-order valence-electron chi connectivity index (χ3n) is 6.99. The standard InChI is InChI=1S/C23H23N5O2/c1-10-5-7-14-19-15(8-6-11(2)18(10)19)23(30)28-17-9-16-20(25-21(17)26-22(14)28)24-12(3)27(16)13(4)29/h5-8,16-17,20-21,25H,9H2,1-4H3. The van der Waals surface area contributed by atoms with Crippen molar-refractivity contribution in [1.82, 2.24) is 14.8 Å². The smallest absolute Gasteiger partial charge is 0.260 e. The fourth-order valence-electron chi connectivity index (χ4n) is 5.77. The molecule has 1 N–H and O–H groups in total. The molecule has 0 bridgehead atoms. The molecule has 152 valence electrons. The topological polar surface area (TPSA) is 79.1 Å². The van der Waals surface area contributed by atoms with Crippen LogP contribution < -0.4 is 16.4 Å². The number of rotatable bonds is 0. The first-order valence-corrected chi connectivity index (χ1v) is 10.4. The molecule has 4 heterocycles. The Morgan fingerprint density at radius 1 is 0.967 bits per heavy atom. The van der Waals surface area contributed by atoms with E-state index in [1.54, 1.807) is 11.8 Å². The Labute approximate surface area is 173 Å². The molecule has 6 rings (SSSR count). The number of aliphatic imine (C=N–C) groups is 1. The van der Waals surface area contributed by atoms with E-state index in [1.807, 2.05) is 23.6 Å². The Morgan fingerprint density at radius 3 is 2.33 bits per heavy atom. The Morgan fingerprint density at radius 2 is 1.63 bits per heavy atom. The van der Waals surface area contributed by atoms with Gasteiger partial charge in [0.2, 0.25) is 5.91 Å². The molecule has 1 aromatic heterocycles. The first-order chi connectivity index (χ1) is 14.4. The average molecular weight is 401 g/mol. The van der Waals surface area contributed by atoms with Crippen LogP contribution >= 0.6 is 0 Å². The first-order valence-electron chi connectivity index (χ1n) is 10.4. The van der Waals surface area contributed by atoms with Gasteiger partial charge in [-0.05, 0) is 49.8 Å². The number of carbonyl (C=O) groups excluding carboxylic acids is 1. The lowest BCUT2D eigenvalue weighted by Gasteiger charge is -2.37. The maximum atomic E-state index is 13.6. The van der Waals surface area contributed by atoms with E-state index < -0.39 is 0 Å². The number of carbonyl (C=O) groups is 1. The van der Waals surface area contributed by atoms with Gasteiger partial charge in [-0.2, -0.15) is 0 Å². The number of amidine groups is 1. The Balaban J connectivity index is 1.60. The second-order valence-electron chi connectivity index (χ2n) is 8.73. The van der Waals surface area contributed by atoms with Crippen LogP contribution in [-0.2, 0) is 4.79 Å². The number of amides is 1. The summed E-state index contributed by atoms with van der Waals surface area (Å²) in [5.74, 6) is 0.703. The van der Waals surface area contributed by atoms with Crippen LogP contribution in [0.25, 0.3) is 21.5 Å². The van der Waals surface area contributed by atoms with Crippen molar-refractivity contribution in [1.29, 1.82) is 0 Å². The summed E-state index contributed by atoms with van der Waals surface area (Å²) < 4.78 is 1.85. The highest BCUT2D eigenvalue weighted by atomic mass is 16.2. The fourth-order valence-corrected chi connectivity index (χ4v) is 5.77.